The summed E-state index contributed by atoms with van der Waals surface area (Å²) in [5.41, 5.74) is 0.681. The highest BCUT2D eigenvalue weighted by molar-refractivity contribution is 4.91. The summed E-state index contributed by atoms with van der Waals surface area (Å²) in [5, 5.41) is 0. The Bertz CT molecular complexity index is 235. The summed E-state index contributed by atoms with van der Waals surface area (Å²) in [7, 11) is 0. The van der Waals surface area contributed by atoms with Crippen molar-refractivity contribution in [1.82, 2.24) is 9.80 Å². The molecule has 2 heteroatoms. The number of fused-ring (bicyclic) bond motifs is 1. The Kier molecular flexibility index (Phi) is 2.52. The van der Waals surface area contributed by atoms with Gasteiger partial charge in [0.05, 0.1) is 0 Å². The summed E-state index contributed by atoms with van der Waals surface area (Å²) in [5.74, 6) is 0. The maximum absolute atomic E-state index is 2.74. The Morgan fingerprint density at radius 3 is 2.73 bits per heavy atom. The second-order valence-electron chi connectivity index (χ2n) is 6.23. The number of rotatable bonds is 2. The molecule has 2 aliphatic heterocycles. The summed E-state index contributed by atoms with van der Waals surface area (Å²) in [6.07, 6.45) is 7.30. The van der Waals surface area contributed by atoms with Gasteiger partial charge in [-0.1, -0.05) is 13.3 Å². The molecule has 86 valence electrons. The molecule has 15 heavy (non-hydrogen) atoms. The van der Waals surface area contributed by atoms with Gasteiger partial charge in [-0.05, 0) is 37.6 Å². The molecule has 0 radical (unpaired) electrons. The van der Waals surface area contributed by atoms with Gasteiger partial charge in [-0.3, -0.25) is 9.80 Å². The minimum absolute atomic E-state index is 0.681. The van der Waals surface area contributed by atoms with E-state index < -0.39 is 0 Å². The van der Waals surface area contributed by atoms with E-state index >= 15 is 0 Å². The minimum Gasteiger partial charge on any atom is -0.300 e. The molecule has 1 saturated carbocycles. The Labute approximate surface area is 93.6 Å². The third-order valence-corrected chi connectivity index (χ3v) is 4.84. The monoisotopic (exact) mass is 208 g/mol. The molecule has 3 rings (SSSR count). The molecule has 0 N–H and O–H groups in total. The van der Waals surface area contributed by atoms with Crippen LogP contribution in [-0.2, 0) is 0 Å². The predicted molar refractivity (Wildman–Crippen MR) is 63.0 cm³/mol. The summed E-state index contributed by atoms with van der Waals surface area (Å²) < 4.78 is 0. The summed E-state index contributed by atoms with van der Waals surface area (Å²) in [4.78, 5) is 5.45. The van der Waals surface area contributed by atoms with Crippen molar-refractivity contribution in [3.63, 3.8) is 0 Å². The molecule has 0 aromatic rings. The van der Waals surface area contributed by atoms with E-state index in [0.717, 1.165) is 6.04 Å². The first-order chi connectivity index (χ1) is 7.25. The van der Waals surface area contributed by atoms with Gasteiger partial charge in [0.1, 0.15) is 0 Å². The molecule has 0 aromatic carbocycles. The Hall–Kier alpha value is -0.0800. The second kappa shape index (κ2) is 3.74. The molecule has 2 nitrogen and oxygen atoms in total. The third-order valence-electron chi connectivity index (χ3n) is 4.84. The second-order valence-corrected chi connectivity index (χ2v) is 6.23. The Morgan fingerprint density at radius 1 is 1.13 bits per heavy atom. The Morgan fingerprint density at radius 2 is 2.00 bits per heavy atom. The van der Waals surface area contributed by atoms with Gasteiger partial charge < -0.3 is 0 Å². The molecule has 1 aliphatic carbocycles. The van der Waals surface area contributed by atoms with Crippen LogP contribution in [0.2, 0.25) is 0 Å². The largest absolute Gasteiger partial charge is 0.300 e. The van der Waals surface area contributed by atoms with Crippen LogP contribution in [0.25, 0.3) is 0 Å². The highest BCUT2D eigenvalue weighted by Crippen LogP contribution is 2.41. The van der Waals surface area contributed by atoms with E-state index in [1.807, 2.05) is 0 Å². The quantitative estimate of drug-likeness (QED) is 0.684. The van der Waals surface area contributed by atoms with Gasteiger partial charge in [-0.25, -0.2) is 0 Å². The number of hydrogen-bond donors (Lipinski definition) is 0. The first-order valence-electron chi connectivity index (χ1n) is 6.72. The first-order valence-corrected chi connectivity index (χ1v) is 6.72. The lowest BCUT2D eigenvalue weighted by molar-refractivity contribution is 0.0367. The van der Waals surface area contributed by atoms with E-state index in [4.69, 9.17) is 0 Å². The maximum Gasteiger partial charge on any atom is 0.0224 e. The van der Waals surface area contributed by atoms with Crippen LogP contribution in [0.4, 0.5) is 0 Å². The highest BCUT2D eigenvalue weighted by Gasteiger charge is 2.37. The van der Waals surface area contributed by atoms with Crippen LogP contribution in [-0.4, -0.2) is 48.6 Å². The van der Waals surface area contributed by atoms with Crippen molar-refractivity contribution in [3.05, 3.63) is 0 Å². The van der Waals surface area contributed by atoms with Gasteiger partial charge in [0, 0.05) is 32.2 Å². The van der Waals surface area contributed by atoms with Crippen LogP contribution in [0.3, 0.4) is 0 Å². The number of piperazine rings is 1. The van der Waals surface area contributed by atoms with Crippen molar-refractivity contribution in [2.75, 3.05) is 32.7 Å². The fraction of sp³-hybridized carbons (Fsp3) is 1.00. The molecule has 0 spiro atoms. The molecule has 2 saturated heterocycles. The fourth-order valence-electron chi connectivity index (χ4n) is 3.68. The molecule has 0 aromatic heterocycles. The van der Waals surface area contributed by atoms with Crippen LogP contribution >= 0.6 is 0 Å². The fourth-order valence-corrected chi connectivity index (χ4v) is 3.68. The molecular formula is C13H24N2. The summed E-state index contributed by atoms with van der Waals surface area (Å²) in [6.45, 7) is 9.24. The predicted octanol–water partition coefficient (Wildman–Crippen LogP) is 1.96. The molecule has 0 bridgehead atoms. The highest BCUT2D eigenvalue weighted by atomic mass is 15.3. The molecule has 2 heterocycles. The third kappa shape index (κ3) is 1.94. The maximum atomic E-state index is 2.74. The number of nitrogens with zero attached hydrogens (tertiary/aromatic N) is 2. The smallest absolute Gasteiger partial charge is 0.0224 e. The van der Waals surface area contributed by atoms with Gasteiger partial charge in [-0.15, -0.1) is 0 Å². The minimum atomic E-state index is 0.681. The van der Waals surface area contributed by atoms with Crippen LogP contribution in [0.1, 0.15) is 39.0 Å². The van der Waals surface area contributed by atoms with Crippen molar-refractivity contribution in [2.24, 2.45) is 5.41 Å². The number of hydrogen-bond acceptors (Lipinski definition) is 2. The molecular weight excluding hydrogens is 184 g/mol. The summed E-state index contributed by atoms with van der Waals surface area (Å²) >= 11 is 0. The lowest BCUT2D eigenvalue weighted by Gasteiger charge is -2.46. The first kappa shape index (κ1) is 10.1. The normalized spacial score (nSPS) is 36.2. The van der Waals surface area contributed by atoms with Gasteiger partial charge in [-0.2, -0.15) is 0 Å². The van der Waals surface area contributed by atoms with Crippen molar-refractivity contribution >= 4 is 0 Å². The molecule has 1 atom stereocenters. The SMILES string of the molecule is CC1(CN2CCN3CCCC3C2)CCC1. The lowest BCUT2D eigenvalue weighted by Crippen LogP contribution is -2.53. The molecule has 1 unspecified atom stereocenters. The van der Waals surface area contributed by atoms with Crippen LogP contribution in [0.15, 0.2) is 0 Å². The zero-order valence-electron chi connectivity index (χ0n) is 10.0. The van der Waals surface area contributed by atoms with E-state index in [1.165, 1.54) is 64.8 Å². The zero-order valence-corrected chi connectivity index (χ0v) is 10.0. The van der Waals surface area contributed by atoms with E-state index in [0.29, 0.717) is 5.41 Å². The van der Waals surface area contributed by atoms with Crippen LogP contribution in [0, 0.1) is 5.41 Å². The van der Waals surface area contributed by atoms with E-state index in [1.54, 1.807) is 0 Å². The Balaban J connectivity index is 1.55. The standard InChI is InChI=1S/C13H24N2/c1-13(5-3-6-13)11-14-8-9-15-7-2-4-12(15)10-14/h12H,2-11H2,1H3. The lowest BCUT2D eigenvalue weighted by atomic mass is 9.70. The van der Waals surface area contributed by atoms with Gasteiger partial charge in [0.15, 0.2) is 0 Å². The van der Waals surface area contributed by atoms with Crippen LogP contribution < -0.4 is 0 Å². The average Bonchev–Trinajstić information content (AvgIpc) is 2.62. The van der Waals surface area contributed by atoms with Gasteiger partial charge in [0.2, 0.25) is 0 Å². The average molecular weight is 208 g/mol. The van der Waals surface area contributed by atoms with E-state index in [2.05, 4.69) is 16.7 Å². The van der Waals surface area contributed by atoms with Crippen LogP contribution in [0.5, 0.6) is 0 Å². The topological polar surface area (TPSA) is 6.48 Å². The van der Waals surface area contributed by atoms with Crippen molar-refractivity contribution in [2.45, 2.75) is 45.1 Å². The van der Waals surface area contributed by atoms with Gasteiger partial charge >= 0.3 is 0 Å². The zero-order chi connectivity index (χ0) is 10.3. The molecule has 3 aliphatic rings. The van der Waals surface area contributed by atoms with Crippen molar-refractivity contribution < 1.29 is 0 Å². The summed E-state index contributed by atoms with van der Waals surface area (Å²) in [6, 6.07) is 0.905. The van der Waals surface area contributed by atoms with E-state index in [9.17, 15) is 0 Å². The van der Waals surface area contributed by atoms with Gasteiger partial charge in [0.25, 0.3) is 0 Å². The van der Waals surface area contributed by atoms with Crippen molar-refractivity contribution in [3.8, 4) is 0 Å². The molecule has 3 fully saturated rings. The van der Waals surface area contributed by atoms with Crippen molar-refractivity contribution in [1.29, 1.82) is 0 Å². The van der Waals surface area contributed by atoms with E-state index in [-0.39, 0.29) is 0 Å². The molecule has 0 amide bonds.